The maximum Gasteiger partial charge on any atom is 0.177 e. The minimum Gasteiger partial charge on any atom is -0.290 e. The molecule has 0 saturated carbocycles. The number of allylic oxidation sites excluding steroid dienone is 8. The topological polar surface area (TPSA) is 17.1 Å². The van der Waals surface area contributed by atoms with Crippen molar-refractivity contribution in [2.75, 3.05) is 0 Å². The van der Waals surface area contributed by atoms with Gasteiger partial charge in [-0.25, -0.2) is 0 Å². The van der Waals surface area contributed by atoms with Crippen molar-refractivity contribution in [3.8, 4) is 0 Å². The number of carbonyl (C=O) groups is 1. The summed E-state index contributed by atoms with van der Waals surface area (Å²) in [4.78, 5) is 11.3. The van der Waals surface area contributed by atoms with E-state index in [1.165, 1.54) is 0 Å². The Balaban J connectivity index is 2.46. The number of carbonyl (C=O) groups excluding carboxylic acids is 1. The van der Waals surface area contributed by atoms with Gasteiger partial charge in [0.15, 0.2) is 5.78 Å². The molecule has 0 aromatic heterocycles. The number of hydrogen-bond acceptors (Lipinski definition) is 1. The molecule has 1 nitrogen and oxygen atoms in total. The van der Waals surface area contributed by atoms with Gasteiger partial charge in [-0.1, -0.05) is 36.5 Å². The molecule has 0 heterocycles. The second-order valence-electron chi connectivity index (χ2n) is 3.88. The summed E-state index contributed by atoms with van der Waals surface area (Å²) < 4.78 is 0. The Morgan fingerprint density at radius 3 is 1.25 bits per heavy atom. The Kier molecular flexibility index (Phi) is 7.06. The molecule has 0 aromatic carbocycles. The van der Waals surface area contributed by atoms with E-state index in [0.29, 0.717) is 0 Å². The van der Waals surface area contributed by atoms with E-state index in [0.717, 1.165) is 38.5 Å². The van der Waals surface area contributed by atoms with Gasteiger partial charge in [-0.2, -0.15) is 0 Å². The van der Waals surface area contributed by atoms with Gasteiger partial charge in [0, 0.05) is 0 Å². The molecule has 0 amide bonds. The largest absolute Gasteiger partial charge is 0.290 e. The van der Waals surface area contributed by atoms with Crippen molar-refractivity contribution in [1.82, 2.24) is 0 Å². The molecule has 0 radical (unpaired) electrons. The van der Waals surface area contributed by atoms with E-state index in [1.54, 1.807) is 12.2 Å². The van der Waals surface area contributed by atoms with Gasteiger partial charge >= 0.3 is 0 Å². The zero-order chi connectivity index (χ0) is 11.5. The number of ketones is 1. The lowest BCUT2D eigenvalue weighted by Crippen LogP contribution is -1.84. The van der Waals surface area contributed by atoms with Crippen molar-refractivity contribution in [2.24, 2.45) is 0 Å². The number of rotatable bonds is 0. The average molecular weight is 216 g/mol. The first-order valence-electron chi connectivity index (χ1n) is 6.06. The lowest BCUT2D eigenvalue weighted by Gasteiger charge is -1.88. The fourth-order valence-corrected chi connectivity index (χ4v) is 1.50. The van der Waals surface area contributed by atoms with Crippen molar-refractivity contribution in [1.29, 1.82) is 0 Å². The molecule has 1 aliphatic carbocycles. The summed E-state index contributed by atoms with van der Waals surface area (Å²) in [7, 11) is 0. The molecule has 0 aromatic rings. The maximum absolute atomic E-state index is 11.3. The van der Waals surface area contributed by atoms with Crippen LogP contribution in [0.3, 0.4) is 0 Å². The van der Waals surface area contributed by atoms with Gasteiger partial charge in [0.1, 0.15) is 0 Å². The molecule has 0 atom stereocenters. The Hall–Kier alpha value is -1.37. The second kappa shape index (κ2) is 8.90. The molecule has 0 unspecified atom stereocenters. The van der Waals surface area contributed by atoms with Crippen molar-refractivity contribution in [2.45, 2.75) is 38.5 Å². The quantitative estimate of drug-likeness (QED) is 0.556. The molecule has 1 aliphatic rings. The molecule has 0 aliphatic heterocycles. The summed E-state index contributed by atoms with van der Waals surface area (Å²) in [5.74, 6) is 0.0998. The zero-order valence-electron chi connectivity index (χ0n) is 9.77. The van der Waals surface area contributed by atoms with Gasteiger partial charge in [-0.15, -0.1) is 0 Å². The van der Waals surface area contributed by atoms with Crippen LogP contribution in [-0.2, 0) is 4.79 Å². The molecule has 0 spiro atoms. The molecule has 0 bridgehead atoms. The minimum atomic E-state index is 0.0998. The predicted molar refractivity (Wildman–Crippen MR) is 69.3 cm³/mol. The van der Waals surface area contributed by atoms with E-state index in [-0.39, 0.29) is 5.78 Å². The van der Waals surface area contributed by atoms with Crippen LogP contribution in [-0.4, -0.2) is 5.78 Å². The molecule has 0 fully saturated rings. The third-order valence-corrected chi connectivity index (χ3v) is 2.40. The van der Waals surface area contributed by atoms with E-state index in [2.05, 4.69) is 24.3 Å². The fourth-order valence-electron chi connectivity index (χ4n) is 1.50. The molecule has 86 valence electrons. The van der Waals surface area contributed by atoms with Crippen LogP contribution in [0.1, 0.15) is 38.5 Å². The summed E-state index contributed by atoms with van der Waals surface area (Å²) >= 11 is 0. The van der Waals surface area contributed by atoms with Crippen LogP contribution in [0.5, 0.6) is 0 Å². The predicted octanol–water partition coefficient (Wildman–Crippen LogP) is 4.13. The summed E-state index contributed by atoms with van der Waals surface area (Å²) in [5.41, 5.74) is 0. The highest BCUT2D eigenvalue weighted by Gasteiger charge is 1.88. The van der Waals surface area contributed by atoms with Crippen LogP contribution in [0.2, 0.25) is 0 Å². The Labute approximate surface area is 98.2 Å². The Morgan fingerprint density at radius 2 is 0.875 bits per heavy atom. The van der Waals surface area contributed by atoms with Crippen molar-refractivity contribution in [3.05, 3.63) is 48.6 Å². The average Bonchev–Trinajstić information content (AvgIpc) is 2.29. The monoisotopic (exact) mass is 216 g/mol. The van der Waals surface area contributed by atoms with E-state index in [9.17, 15) is 4.79 Å². The first kappa shape index (κ1) is 12.7. The first-order chi connectivity index (χ1) is 7.89. The molecule has 0 saturated heterocycles. The van der Waals surface area contributed by atoms with Gasteiger partial charge in [0.05, 0.1) is 0 Å². The van der Waals surface area contributed by atoms with Crippen LogP contribution < -0.4 is 0 Å². The van der Waals surface area contributed by atoms with Crippen LogP contribution in [0, 0.1) is 0 Å². The van der Waals surface area contributed by atoms with Crippen LogP contribution in [0.25, 0.3) is 0 Å². The summed E-state index contributed by atoms with van der Waals surface area (Å²) in [6, 6.07) is 0. The SMILES string of the molecule is O=C1/C=C/CC/C=C\CC/C=C/CC/C=C/1. The van der Waals surface area contributed by atoms with E-state index in [4.69, 9.17) is 0 Å². The van der Waals surface area contributed by atoms with Gasteiger partial charge in [0.25, 0.3) is 0 Å². The second-order valence-corrected chi connectivity index (χ2v) is 3.88. The van der Waals surface area contributed by atoms with Crippen molar-refractivity contribution in [3.63, 3.8) is 0 Å². The number of hydrogen-bond donors (Lipinski definition) is 0. The van der Waals surface area contributed by atoms with Gasteiger partial charge in [-0.3, -0.25) is 4.79 Å². The van der Waals surface area contributed by atoms with Gasteiger partial charge in [-0.05, 0) is 50.7 Å². The van der Waals surface area contributed by atoms with E-state index in [1.807, 2.05) is 12.2 Å². The highest BCUT2D eigenvalue weighted by atomic mass is 16.1. The van der Waals surface area contributed by atoms with Crippen molar-refractivity contribution >= 4 is 5.78 Å². The smallest absolute Gasteiger partial charge is 0.177 e. The lowest BCUT2D eigenvalue weighted by molar-refractivity contribution is -0.110. The minimum absolute atomic E-state index is 0.0998. The Bertz CT molecular complexity index is 275. The van der Waals surface area contributed by atoms with E-state index >= 15 is 0 Å². The van der Waals surface area contributed by atoms with Crippen LogP contribution in [0.4, 0.5) is 0 Å². The Morgan fingerprint density at radius 1 is 0.562 bits per heavy atom. The van der Waals surface area contributed by atoms with Crippen molar-refractivity contribution < 1.29 is 4.79 Å². The summed E-state index contributed by atoms with van der Waals surface area (Å²) in [6.07, 6.45) is 22.3. The molecular weight excluding hydrogens is 196 g/mol. The fraction of sp³-hybridized carbons (Fsp3) is 0.400. The molecule has 1 heteroatoms. The third-order valence-electron chi connectivity index (χ3n) is 2.40. The summed E-state index contributed by atoms with van der Waals surface area (Å²) in [6.45, 7) is 0. The molecular formula is C15H20O. The molecule has 16 heavy (non-hydrogen) atoms. The highest BCUT2D eigenvalue weighted by molar-refractivity contribution is 5.99. The first-order valence-corrected chi connectivity index (χ1v) is 6.06. The summed E-state index contributed by atoms with van der Waals surface area (Å²) in [5, 5.41) is 0. The lowest BCUT2D eigenvalue weighted by atomic mass is 10.2. The van der Waals surface area contributed by atoms with Crippen LogP contribution >= 0.6 is 0 Å². The maximum atomic E-state index is 11.3. The van der Waals surface area contributed by atoms with Crippen LogP contribution in [0.15, 0.2) is 48.6 Å². The standard InChI is InChI=1S/C15H20O/c16-15-13-11-9-7-5-3-1-2-4-6-8-10-12-14-15/h3-6,11-14H,1-2,7-10H2/b5-3-,6-4+,13-11+,14-12+. The normalized spacial score (nSPS) is 27.4. The zero-order valence-corrected chi connectivity index (χ0v) is 9.77. The molecule has 0 N–H and O–H groups in total. The molecule has 1 rings (SSSR count). The highest BCUT2D eigenvalue weighted by Crippen LogP contribution is 2.01. The third kappa shape index (κ3) is 6.99. The van der Waals surface area contributed by atoms with Gasteiger partial charge in [0.2, 0.25) is 0 Å². The van der Waals surface area contributed by atoms with E-state index < -0.39 is 0 Å². The van der Waals surface area contributed by atoms with Gasteiger partial charge < -0.3 is 0 Å².